The number of rotatable bonds is 3. The topological polar surface area (TPSA) is 79.4 Å². The normalized spacial score (nSPS) is 11.0. The number of aromatic nitrogens is 5. The monoisotopic (exact) mass is 280 g/mol. The van der Waals surface area contributed by atoms with E-state index in [4.69, 9.17) is 11.6 Å². The first-order valence-electron chi connectivity index (χ1n) is 5.24. The van der Waals surface area contributed by atoms with Crippen LogP contribution in [0.3, 0.4) is 0 Å². The first kappa shape index (κ1) is 11.4. The van der Waals surface area contributed by atoms with E-state index in [0.29, 0.717) is 18.0 Å². The molecule has 0 spiro atoms. The number of fused-ring (bicyclic) bond motifs is 1. The maximum absolute atomic E-state index is 5.84. The van der Waals surface area contributed by atoms with E-state index in [-0.39, 0.29) is 5.28 Å². The molecule has 0 radical (unpaired) electrons. The van der Waals surface area contributed by atoms with Crippen LogP contribution in [0.25, 0.3) is 11.0 Å². The molecule has 3 heterocycles. The SMILES string of the molecule is Cc1nc(CNc2nc(Cl)nc3[nH]ncc23)cs1. The predicted molar refractivity (Wildman–Crippen MR) is 70.9 cm³/mol. The number of H-pyrrole nitrogens is 1. The molecule has 3 aromatic heterocycles. The minimum Gasteiger partial charge on any atom is -0.364 e. The van der Waals surface area contributed by atoms with Crippen molar-refractivity contribution in [3.8, 4) is 0 Å². The molecule has 3 aromatic rings. The van der Waals surface area contributed by atoms with Gasteiger partial charge >= 0.3 is 0 Å². The molecule has 0 aromatic carbocycles. The molecule has 8 heteroatoms. The molecule has 0 fully saturated rings. The highest BCUT2D eigenvalue weighted by molar-refractivity contribution is 7.09. The maximum Gasteiger partial charge on any atom is 0.226 e. The molecule has 0 unspecified atom stereocenters. The molecule has 2 N–H and O–H groups in total. The highest BCUT2D eigenvalue weighted by Gasteiger charge is 2.08. The number of thiazole rings is 1. The van der Waals surface area contributed by atoms with Crippen molar-refractivity contribution in [3.05, 3.63) is 27.6 Å². The average molecular weight is 281 g/mol. The summed E-state index contributed by atoms with van der Waals surface area (Å²) in [5, 5.41) is 13.9. The van der Waals surface area contributed by atoms with Gasteiger partial charge in [-0.25, -0.2) is 4.98 Å². The number of hydrogen-bond donors (Lipinski definition) is 2. The average Bonchev–Trinajstić information content (AvgIpc) is 2.94. The molecule has 0 aliphatic carbocycles. The second-order valence-corrected chi connectivity index (χ2v) is 5.09. The lowest BCUT2D eigenvalue weighted by molar-refractivity contribution is 1.03. The number of nitrogens with one attached hydrogen (secondary N) is 2. The van der Waals surface area contributed by atoms with E-state index < -0.39 is 0 Å². The first-order valence-corrected chi connectivity index (χ1v) is 6.49. The van der Waals surface area contributed by atoms with E-state index in [9.17, 15) is 0 Å². The highest BCUT2D eigenvalue weighted by atomic mass is 35.5. The fraction of sp³-hybridized carbons (Fsp3) is 0.200. The quantitative estimate of drug-likeness (QED) is 0.720. The van der Waals surface area contributed by atoms with Crippen molar-refractivity contribution in [2.75, 3.05) is 5.32 Å². The van der Waals surface area contributed by atoms with Crippen LogP contribution in [0.1, 0.15) is 10.7 Å². The third-order valence-electron chi connectivity index (χ3n) is 2.39. The molecular weight excluding hydrogens is 272 g/mol. The minimum absolute atomic E-state index is 0.184. The zero-order valence-corrected chi connectivity index (χ0v) is 11.0. The van der Waals surface area contributed by atoms with Crippen molar-refractivity contribution >= 4 is 39.8 Å². The lowest BCUT2D eigenvalue weighted by atomic mass is 10.4. The minimum atomic E-state index is 0.184. The Morgan fingerprint density at radius 1 is 1.39 bits per heavy atom. The van der Waals surface area contributed by atoms with Crippen molar-refractivity contribution in [3.63, 3.8) is 0 Å². The van der Waals surface area contributed by atoms with Crippen LogP contribution in [-0.4, -0.2) is 25.1 Å². The summed E-state index contributed by atoms with van der Waals surface area (Å²) in [6.45, 7) is 2.57. The number of nitrogens with zero attached hydrogens (tertiary/aromatic N) is 4. The lowest BCUT2D eigenvalue weighted by Gasteiger charge is -2.04. The fourth-order valence-electron chi connectivity index (χ4n) is 1.61. The van der Waals surface area contributed by atoms with Crippen molar-refractivity contribution in [1.82, 2.24) is 25.1 Å². The summed E-state index contributed by atoms with van der Waals surface area (Å²) in [5.74, 6) is 0.657. The largest absolute Gasteiger partial charge is 0.364 e. The molecule has 0 aliphatic heterocycles. The Bertz CT molecular complexity index is 691. The summed E-state index contributed by atoms with van der Waals surface area (Å²) in [4.78, 5) is 12.6. The van der Waals surface area contributed by atoms with Gasteiger partial charge in [-0.1, -0.05) is 0 Å². The standard InChI is InChI=1S/C10H9ClN6S/c1-5-14-6(4-18-5)2-12-8-7-3-13-17-9(7)16-10(11)15-8/h3-4H,2H2,1H3,(H2,12,13,15,16,17). The van der Waals surface area contributed by atoms with E-state index in [1.807, 2.05) is 12.3 Å². The Kier molecular flexibility index (Phi) is 2.85. The maximum atomic E-state index is 5.84. The van der Waals surface area contributed by atoms with E-state index in [2.05, 4.69) is 30.5 Å². The molecule has 18 heavy (non-hydrogen) atoms. The summed E-state index contributed by atoms with van der Waals surface area (Å²) >= 11 is 7.46. The summed E-state index contributed by atoms with van der Waals surface area (Å²) in [5.41, 5.74) is 1.59. The van der Waals surface area contributed by atoms with Gasteiger partial charge in [0.15, 0.2) is 5.65 Å². The van der Waals surface area contributed by atoms with Crippen molar-refractivity contribution in [2.45, 2.75) is 13.5 Å². The molecule has 0 bridgehead atoms. The van der Waals surface area contributed by atoms with Gasteiger partial charge in [0.25, 0.3) is 0 Å². The Morgan fingerprint density at radius 2 is 2.28 bits per heavy atom. The number of aryl methyl sites for hydroxylation is 1. The van der Waals surface area contributed by atoms with Crippen LogP contribution >= 0.6 is 22.9 Å². The van der Waals surface area contributed by atoms with E-state index in [0.717, 1.165) is 16.1 Å². The van der Waals surface area contributed by atoms with Gasteiger partial charge in [0, 0.05) is 5.38 Å². The smallest absolute Gasteiger partial charge is 0.226 e. The number of aromatic amines is 1. The van der Waals surface area contributed by atoms with Crippen molar-refractivity contribution < 1.29 is 0 Å². The summed E-state index contributed by atoms with van der Waals surface area (Å²) in [6.07, 6.45) is 1.67. The van der Waals surface area contributed by atoms with Gasteiger partial charge in [0.2, 0.25) is 5.28 Å². The van der Waals surface area contributed by atoms with Gasteiger partial charge in [-0.05, 0) is 18.5 Å². The Morgan fingerprint density at radius 3 is 3.06 bits per heavy atom. The fourth-order valence-corrected chi connectivity index (χ4v) is 2.39. The van der Waals surface area contributed by atoms with Gasteiger partial charge in [0.1, 0.15) is 5.82 Å². The molecule has 0 amide bonds. The molecule has 0 saturated heterocycles. The Balaban J connectivity index is 1.87. The molecule has 0 atom stereocenters. The second kappa shape index (κ2) is 4.51. The highest BCUT2D eigenvalue weighted by Crippen LogP contribution is 2.20. The van der Waals surface area contributed by atoms with Crippen LogP contribution < -0.4 is 5.32 Å². The number of halogens is 1. The van der Waals surface area contributed by atoms with Crippen molar-refractivity contribution in [1.29, 1.82) is 0 Å². The third kappa shape index (κ3) is 2.14. The van der Waals surface area contributed by atoms with E-state index in [1.165, 1.54) is 0 Å². The number of anilines is 1. The second-order valence-electron chi connectivity index (χ2n) is 3.68. The van der Waals surface area contributed by atoms with Crippen LogP contribution in [0.4, 0.5) is 5.82 Å². The lowest BCUT2D eigenvalue weighted by Crippen LogP contribution is -2.03. The molecule has 3 rings (SSSR count). The van der Waals surface area contributed by atoms with E-state index in [1.54, 1.807) is 17.5 Å². The van der Waals surface area contributed by atoms with Crippen LogP contribution in [0.15, 0.2) is 11.6 Å². The number of hydrogen-bond acceptors (Lipinski definition) is 6. The van der Waals surface area contributed by atoms with Crippen LogP contribution in [0, 0.1) is 6.92 Å². The van der Waals surface area contributed by atoms with Gasteiger partial charge in [-0.15, -0.1) is 11.3 Å². The zero-order valence-electron chi connectivity index (χ0n) is 9.44. The summed E-state index contributed by atoms with van der Waals surface area (Å²) < 4.78 is 0. The summed E-state index contributed by atoms with van der Waals surface area (Å²) in [6, 6.07) is 0. The van der Waals surface area contributed by atoms with Gasteiger partial charge in [-0.3, -0.25) is 5.10 Å². The third-order valence-corrected chi connectivity index (χ3v) is 3.38. The Labute approximate surface area is 111 Å². The van der Waals surface area contributed by atoms with E-state index >= 15 is 0 Å². The first-order chi connectivity index (χ1) is 8.72. The van der Waals surface area contributed by atoms with Gasteiger partial charge in [0.05, 0.1) is 28.8 Å². The molecular formula is C10H9ClN6S. The summed E-state index contributed by atoms with van der Waals surface area (Å²) in [7, 11) is 0. The predicted octanol–water partition coefficient (Wildman–Crippen LogP) is 2.38. The molecule has 0 aliphatic rings. The van der Waals surface area contributed by atoms with Crippen LogP contribution in [0.2, 0.25) is 5.28 Å². The van der Waals surface area contributed by atoms with Crippen molar-refractivity contribution in [2.24, 2.45) is 0 Å². The van der Waals surface area contributed by atoms with Crippen LogP contribution in [0.5, 0.6) is 0 Å². The zero-order chi connectivity index (χ0) is 12.5. The molecule has 0 saturated carbocycles. The molecule has 92 valence electrons. The molecule has 6 nitrogen and oxygen atoms in total. The van der Waals surface area contributed by atoms with Gasteiger partial charge < -0.3 is 5.32 Å². The van der Waals surface area contributed by atoms with Gasteiger partial charge in [-0.2, -0.15) is 15.1 Å². The Hall–Kier alpha value is -1.73. The van der Waals surface area contributed by atoms with Crippen LogP contribution in [-0.2, 0) is 6.54 Å².